The Kier molecular flexibility index (Phi) is 11.0. The van der Waals surface area contributed by atoms with Gasteiger partial charge in [-0.05, 0) is 86.3 Å². The molecular formula is C31H41N3O4. The second kappa shape index (κ2) is 14.4. The Labute approximate surface area is 226 Å². The maximum Gasteiger partial charge on any atom is 0.255 e. The zero-order valence-electron chi connectivity index (χ0n) is 22.9. The number of hydrogen-bond donors (Lipinski definition) is 3. The topological polar surface area (TPSA) is 97.1 Å². The summed E-state index contributed by atoms with van der Waals surface area (Å²) >= 11 is 0. The third-order valence-electron chi connectivity index (χ3n) is 6.93. The summed E-state index contributed by atoms with van der Waals surface area (Å²) in [6, 6.07) is 20.5. The fourth-order valence-corrected chi connectivity index (χ4v) is 4.77. The number of nitrogens with two attached hydrogens (primary N) is 1. The van der Waals surface area contributed by atoms with Crippen LogP contribution in [0.25, 0.3) is 0 Å². The molecule has 4 rings (SSSR count). The van der Waals surface area contributed by atoms with Crippen molar-refractivity contribution >= 4 is 17.3 Å². The van der Waals surface area contributed by atoms with E-state index in [0.717, 1.165) is 50.1 Å². The molecular weight excluding hydrogens is 478 g/mol. The normalized spacial score (nSPS) is 14.7. The van der Waals surface area contributed by atoms with Crippen LogP contribution in [0.1, 0.15) is 54.3 Å². The second-order valence-electron chi connectivity index (χ2n) is 9.23. The van der Waals surface area contributed by atoms with E-state index in [1.165, 1.54) is 5.56 Å². The summed E-state index contributed by atoms with van der Waals surface area (Å²) in [5, 5.41) is 13.9. The number of hydrogen-bond acceptors (Lipinski definition) is 6. The molecule has 0 radical (unpaired) electrons. The molecule has 1 unspecified atom stereocenters. The molecule has 1 aliphatic heterocycles. The molecule has 7 heteroatoms. The number of piperidine rings is 1. The molecule has 1 amide bonds. The second-order valence-corrected chi connectivity index (χ2v) is 9.23. The molecule has 3 aromatic carbocycles. The van der Waals surface area contributed by atoms with E-state index in [-0.39, 0.29) is 11.8 Å². The van der Waals surface area contributed by atoms with Crippen molar-refractivity contribution in [2.75, 3.05) is 44.9 Å². The maximum atomic E-state index is 12.5. The summed E-state index contributed by atoms with van der Waals surface area (Å²) in [5.41, 5.74) is 9.68. The average molecular weight is 520 g/mol. The number of anilines is 2. The molecule has 1 atom stereocenters. The van der Waals surface area contributed by atoms with E-state index >= 15 is 0 Å². The first-order valence-corrected chi connectivity index (χ1v) is 13.4. The van der Waals surface area contributed by atoms with Gasteiger partial charge in [0.05, 0.1) is 20.3 Å². The van der Waals surface area contributed by atoms with E-state index in [1.54, 1.807) is 38.5 Å². The zero-order chi connectivity index (χ0) is 27.5. The quantitative estimate of drug-likeness (QED) is 0.321. The van der Waals surface area contributed by atoms with E-state index in [1.807, 2.05) is 56.3 Å². The van der Waals surface area contributed by atoms with Crippen LogP contribution in [0.4, 0.5) is 11.4 Å². The van der Waals surface area contributed by atoms with Crippen LogP contribution >= 0.6 is 0 Å². The summed E-state index contributed by atoms with van der Waals surface area (Å²) in [6.07, 6.45) is 2.18. The highest BCUT2D eigenvalue weighted by Gasteiger charge is 2.29. The van der Waals surface area contributed by atoms with Crippen LogP contribution in [-0.4, -0.2) is 49.8 Å². The van der Waals surface area contributed by atoms with E-state index in [4.69, 9.17) is 15.2 Å². The molecule has 0 aromatic heterocycles. The zero-order valence-corrected chi connectivity index (χ0v) is 22.9. The molecule has 0 saturated carbocycles. The minimum atomic E-state index is -0.580. The first kappa shape index (κ1) is 29.0. The average Bonchev–Trinajstić information content (AvgIpc) is 2.98. The van der Waals surface area contributed by atoms with Gasteiger partial charge in [0.25, 0.3) is 5.91 Å². The number of likely N-dealkylation sites (tertiary alicyclic amines) is 1. The lowest BCUT2D eigenvalue weighted by Crippen LogP contribution is -2.36. The van der Waals surface area contributed by atoms with Crippen LogP contribution < -0.4 is 20.5 Å². The van der Waals surface area contributed by atoms with Crippen molar-refractivity contribution in [3.8, 4) is 11.5 Å². The number of carbonyl (C=O) groups is 1. The van der Waals surface area contributed by atoms with Crippen molar-refractivity contribution in [1.29, 1.82) is 0 Å². The third kappa shape index (κ3) is 7.49. The number of aliphatic hydroxyl groups excluding tert-OH is 1. The summed E-state index contributed by atoms with van der Waals surface area (Å²) < 4.78 is 10.9. The van der Waals surface area contributed by atoms with Crippen LogP contribution in [0.5, 0.6) is 11.5 Å². The molecule has 1 aliphatic rings. The number of nitrogens with zero attached hydrogens (tertiary/aromatic N) is 1. The predicted molar refractivity (Wildman–Crippen MR) is 154 cm³/mol. The number of aliphatic hydroxyl groups is 1. The minimum Gasteiger partial charge on any atom is -0.493 e. The molecule has 0 spiro atoms. The summed E-state index contributed by atoms with van der Waals surface area (Å²) in [6.45, 7) is 6.83. The van der Waals surface area contributed by atoms with Crippen molar-refractivity contribution in [3.05, 3.63) is 83.4 Å². The van der Waals surface area contributed by atoms with Crippen LogP contribution in [0.3, 0.4) is 0 Å². The van der Waals surface area contributed by atoms with Crippen molar-refractivity contribution in [3.63, 3.8) is 0 Å². The smallest absolute Gasteiger partial charge is 0.255 e. The van der Waals surface area contributed by atoms with Gasteiger partial charge in [0.1, 0.15) is 0 Å². The molecule has 3 aromatic rings. The Morgan fingerprint density at radius 1 is 1.00 bits per heavy atom. The molecule has 1 heterocycles. The van der Waals surface area contributed by atoms with Gasteiger partial charge in [-0.1, -0.05) is 38.1 Å². The van der Waals surface area contributed by atoms with Crippen molar-refractivity contribution in [2.45, 2.75) is 39.2 Å². The largest absolute Gasteiger partial charge is 0.493 e. The molecule has 204 valence electrons. The Hall–Kier alpha value is -3.55. The third-order valence-corrected chi connectivity index (χ3v) is 6.93. The van der Waals surface area contributed by atoms with Gasteiger partial charge in [0.15, 0.2) is 11.5 Å². The molecule has 38 heavy (non-hydrogen) atoms. The first-order chi connectivity index (χ1) is 18.5. The number of nitrogens with one attached hydrogen (secondary N) is 1. The van der Waals surface area contributed by atoms with Gasteiger partial charge < -0.3 is 30.5 Å². The van der Waals surface area contributed by atoms with Gasteiger partial charge in [-0.3, -0.25) is 4.79 Å². The van der Waals surface area contributed by atoms with Gasteiger partial charge in [-0.2, -0.15) is 0 Å². The minimum absolute atomic E-state index is 0.139. The van der Waals surface area contributed by atoms with Crippen molar-refractivity contribution in [1.82, 2.24) is 4.90 Å². The molecule has 4 N–H and O–H groups in total. The standard InChI is InChI=1S/C29H35N3O4.C2H6/c1-35-26-5-3-4-25(28(26)36-2)27(33)21-15-18-32(19-16-21)17-14-20-6-8-22(9-7-20)29(34)31-24-12-10-23(30)11-13-24;1-2/h3-13,21,27,33H,14-19,30H2,1-2H3,(H,31,34);1-2H3. The molecule has 0 aliphatic carbocycles. The van der Waals surface area contributed by atoms with Crippen LogP contribution in [0.15, 0.2) is 66.7 Å². The number of para-hydroxylation sites is 1. The SMILES string of the molecule is CC.COc1cccc(C(O)C2CCN(CCc3ccc(C(=O)Nc4ccc(N)cc4)cc3)CC2)c1OC. The van der Waals surface area contributed by atoms with E-state index in [9.17, 15) is 9.90 Å². The number of benzene rings is 3. The van der Waals surface area contributed by atoms with Gasteiger partial charge in [0, 0.05) is 29.0 Å². The van der Waals surface area contributed by atoms with Crippen LogP contribution in [0.2, 0.25) is 0 Å². The highest BCUT2D eigenvalue weighted by molar-refractivity contribution is 6.04. The number of methoxy groups -OCH3 is 2. The Morgan fingerprint density at radius 3 is 2.26 bits per heavy atom. The number of carbonyl (C=O) groups excluding carboxylic acids is 1. The summed E-state index contributed by atoms with van der Waals surface area (Å²) in [5.74, 6) is 1.29. The lowest BCUT2D eigenvalue weighted by Gasteiger charge is -2.34. The Balaban J connectivity index is 0.00000195. The fourth-order valence-electron chi connectivity index (χ4n) is 4.77. The number of ether oxygens (including phenoxy) is 2. The molecule has 7 nitrogen and oxygen atoms in total. The first-order valence-electron chi connectivity index (χ1n) is 13.4. The number of amides is 1. The molecule has 0 bridgehead atoms. The van der Waals surface area contributed by atoms with Crippen LogP contribution in [-0.2, 0) is 6.42 Å². The van der Waals surface area contributed by atoms with Gasteiger partial charge in [0.2, 0.25) is 0 Å². The number of rotatable bonds is 9. The summed E-state index contributed by atoms with van der Waals surface area (Å²) in [7, 11) is 3.21. The van der Waals surface area contributed by atoms with E-state index in [0.29, 0.717) is 22.7 Å². The highest BCUT2D eigenvalue weighted by Crippen LogP contribution is 2.40. The van der Waals surface area contributed by atoms with Crippen molar-refractivity contribution in [2.24, 2.45) is 5.92 Å². The van der Waals surface area contributed by atoms with Gasteiger partial charge in [-0.25, -0.2) is 0 Å². The summed E-state index contributed by atoms with van der Waals surface area (Å²) in [4.78, 5) is 14.9. The Morgan fingerprint density at radius 2 is 1.66 bits per heavy atom. The Bertz CT molecular complexity index is 1140. The molecule has 1 fully saturated rings. The van der Waals surface area contributed by atoms with Gasteiger partial charge >= 0.3 is 0 Å². The van der Waals surface area contributed by atoms with Gasteiger partial charge in [-0.15, -0.1) is 0 Å². The lowest BCUT2D eigenvalue weighted by atomic mass is 9.87. The highest BCUT2D eigenvalue weighted by atomic mass is 16.5. The van der Waals surface area contributed by atoms with Crippen molar-refractivity contribution < 1.29 is 19.4 Å². The number of nitrogen functional groups attached to an aromatic ring is 1. The molecule has 1 saturated heterocycles. The lowest BCUT2D eigenvalue weighted by molar-refractivity contribution is 0.0572. The predicted octanol–water partition coefficient (Wildman–Crippen LogP) is 5.55. The maximum absolute atomic E-state index is 12.5. The van der Waals surface area contributed by atoms with E-state index < -0.39 is 6.10 Å². The monoisotopic (exact) mass is 519 g/mol. The van der Waals surface area contributed by atoms with E-state index in [2.05, 4.69) is 10.2 Å². The fraction of sp³-hybridized carbons (Fsp3) is 0.387. The van der Waals surface area contributed by atoms with Crippen LogP contribution in [0, 0.1) is 5.92 Å².